The van der Waals surface area contributed by atoms with Crippen molar-refractivity contribution in [2.24, 2.45) is 0 Å². The van der Waals surface area contributed by atoms with Crippen LogP contribution in [0.3, 0.4) is 0 Å². The molecule has 1 aliphatic rings. The lowest BCUT2D eigenvalue weighted by Crippen LogP contribution is -2.36. The molecule has 126 valence electrons. The van der Waals surface area contributed by atoms with Crippen molar-refractivity contribution in [3.05, 3.63) is 60.2 Å². The van der Waals surface area contributed by atoms with Gasteiger partial charge in [0.15, 0.2) is 0 Å². The van der Waals surface area contributed by atoms with Gasteiger partial charge >= 0.3 is 6.03 Å². The van der Waals surface area contributed by atoms with Crippen LogP contribution in [0.2, 0.25) is 0 Å². The number of nitrogens with zero attached hydrogens (tertiary/aromatic N) is 1. The second-order valence-electron chi connectivity index (χ2n) is 5.68. The smallest absolute Gasteiger partial charge is 0.321 e. The summed E-state index contributed by atoms with van der Waals surface area (Å²) in [5.74, 6) is 1.62. The average molecular weight is 342 g/mol. The van der Waals surface area contributed by atoms with Crippen molar-refractivity contribution in [2.45, 2.75) is 11.7 Å². The van der Waals surface area contributed by atoms with Gasteiger partial charge in [0, 0.05) is 24.1 Å². The van der Waals surface area contributed by atoms with E-state index in [1.165, 1.54) is 5.56 Å². The van der Waals surface area contributed by atoms with Gasteiger partial charge in [-0.05, 0) is 24.1 Å². The maximum absolute atomic E-state index is 12.6. The van der Waals surface area contributed by atoms with Crippen LogP contribution in [0.25, 0.3) is 0 Å². The Hall–Kier alpha value is -2.14. The van der Waals surface area contributed by atoms with Crippen LogP contribution in [0, 0.1) is 0 Å². The Kier molecular flexibility index (Phi) is 5.64. The molecule has 2 aromatic carbocycles. The third-order valence-electron chi connectivity index (χ3n) is 4.15. The summed E-state index contributed by atoms with van der Waals surface area (Å²) in [6.45, 7) is 1.52. The van der Waals surface area contributed by atoms with Gasteiger partial charge in [0.2, 0.25) is 0 Å². The van der Waals surface area contributed by atoms with Crippen molar-refractivity contribution in [2.75, 3.05) is 31.3 Å². The van der Waals surface area contributed by atoms with Crippen molar-refractivity contribution in [3.8, 4) is 5.75 Å². The second-order valence-corrected chi connectivity index (χ2v) is 6.99. The molecular weight excluding hydrogens is 320 g/mol. The molecule has 1 heterocycles. The molecule has 3 rings (SSSR count). The predicted molar refractivity (Wildman–Crippen MR) is 99.8 cm³/mol. The Morgan fingerprint density at radius 3 is 2.67 bits per heavy atom. The van der Waals surface area contributed by atoms with Crippen molar-refractivity contribution in [1.29, 1.82) is 0 Å². The third kappa shape index (κ3) is 4.03. The first-order chi connectivity index (χ1) is 11.8. The van der Waals surface area contributed by atoms with Crippen LogP contribution in [0.1, 0.15) is 17.2 Å². The zero-order valence-electron chi connectivity index (χ0n) is 13.8. The molecule has 5 heteroatoms. The number of para-hydroxylation sites is 2. The van der Waals surface area contributed by atoms with Gasteiger partial charge in [-0.25, -0.2) is 4.79 Å². The topological polar surface area (TPSA) is 41.6 Å². The van der Waals surface area contributed by atoms with Crippen LogP contribution in [0.4, 0.5) is 10.5 Å². The summed E-state index contributed by atoms with van der Waals surface area (Å²) in [5.41, 5.74) is 2.05. The molecule has 0 aromatic heterocycles. The molecule has 4 nitrogen and oxygen atoms in total. The minimum atomic E-state index is -0.0613. The fourth-order valence-corrected chi connectivity index (χ4v) is 4.08. The van der Waals surface area contributed by atoms with Gasteiger partial charge in [-0.15, -0.1) is 0 Å². The maximum Gasteiger partial charge on any atom is 0.321 e. The summed E-state index contributed by atoms with van der Waals surface area (Å²) >= 11 is 1.93. The molecule has 1 aliphatic heterocycles. The number of anilines is 1. The number of rotatable bonds is 3. The van der Waals surface area contributed by atoms with E-state index in [9.17, 15) is 4.79 Å². The molecule has 2 aromatic rings. The number of methoxy groups -OCH3 is 1. The van der Waals surface area contributed by atoms with Crippen molar-refractivity contribution < 1.29 is 9.53 Å². The van der Waals surface area contributed by atoms with E-state index in [-0.39, 0.29) is 6.03 Å². The molecule has 0 radical (unpaired) electrons. The highest BCUT2D eigenvalue weighted by molar-refractivity contribution is 7.99. The predicted octanol–water partition coefficient (Wildman–Crippen LogP) is 4.41. The van der Waals surface area contributed by atoms with E-state index in [1.54, 1.807) is 7.11 Å². The first-order valence-corrected chi connectivity index (χ1v) is 9.18. The Labute approximate surface area is 147 Å². The Morgan fingerprint density at radius 2 is 1.88 bits per heavy atom. The SMILES string of the molecule is COc1ccccc1NC(=O)N1CCS[C@@H](c2ccccc2)CC1. The maximum atomic E-state index is 12.6. The quantitative estimate of drug-likeness (QED) is 0.898. The van der Waals surface area contributed by atoms with E-state index in [1.807, 2.05) is 47.0 Å². The van der Waals surface area contributed by atoms with E-state index in [0.717, 1.165) is 25.3 Å². The van der Waals surface area contributed by atoms with Crippen LogP contribution in [-0.4, -0.2) is 36.9 Å². The third-order valence-corrected chi connectivity index (χ3v) is 5.48. The highest BCUT2D eigenvalue weighted by Crippen LogP contribution is 2.34. The Morgan fingerprint density at radius 1 is 1.12 bits per heavy atom. The largest absolute Gasteiger partial charge is 0.495 e. The van der Waals surface area contributed by atoms with Gasteiger partial charge in [-0.2, -0.15) is 11.8 Å². The van der Waals surface area contributed by atoms with E-state index >= 15 is 0 Å². The standard InChI is InChI=1S/C19H22N2O2S/c1-23-17-10-6-5-9-16(17)20-19(22)21-12-11-18(24-14-13-21)15-7-3-2-4-8-15/h2-10,18H,11-14H2,1H3,(H,20,22)/t18-/m1/s1. The molecule has 1 N–H and O–H groups in total. The molecule has 24 heavy (non-hydrogen) atoms. The number of hydrogen-bond donors (Lipinski definition) is 1. The number of amides is 2. The van der Waals surface area contributed by atoms with Crippen LogP contribution >= 0.6 is 11.8 Å². The van der Waals surface area contributed by atoms with Crippen LogP contribution in [-0.2, 0) is 0 Å². The first-order valence-electron chi connectivity index (χ1n) is 8.13. The van der Waals surface area contributed by atoms with Crippen molar-refractivity contribution in [1.82, 2.24) is 4.90 Å². The molecular formula is C19H22N2O2S. The number of benzene rings is 2. The number of ether oxygens (including phenoxy) is 1. The van der Waals surface area contributed by atoms with E-state index in [2.05, 4.69) is 29.6 Å². The van der Waals surface area contributed by atoms with E-state index in [0.29, 0.717) is 16.7 Å². The van der Waals surface area contributed by atoms with Gasteiger partial charge in [-0.3, -0.25) is 0 Å². The molecule has 0 bridgehead atoms. The normalized spacial score (nSPS) is 17.9. The summed E-state index contributed by atoms with van der Waals surface area (Å²) in [5, 5.41) is 3.42. The average Bonchev–Trinajstić information content (AvgIpc) is 2.89. The fourth-order valence-electron chi connectivity index (χ4n) is 2.85. The molecule has 0 unspecified atom stereocenters. The fraction of sp³-hybridized carbons (Fsp3) is 0.316. The van der Waals surface area contributed by atoms with Crippen LogP contribution in [0.15, 0.2) is 54.6 Å². The van der Waals surface area contributed by atoms with E-state index < -0.39 is 0 Å². The number of urea groups is 1. The number of nitrogens with one attached hydrogen (secondary N) is 1. The monoisotopic (exact) mass is 342 g/mol. The summed E-state index contributed by atoms with van der Waals surface area (Å²) in [7, 11) is 1.61. The summed E-state index contributed by atoms with van der Waals surface area (Å²) in [6.07, 6.45) is 0.966. The lowest BCUT2D eigenvalue weighted by atomic mass is 10.1. The molecule has 1 atom stereocenters. The van der Waals surface area contributed by atoms with Gasteiger partial charge in [-0.1, -0.05) is 42.5 Å². The highest BCUT2D eigenvalue weighted by Gasteiger charge is 2.22. The summed E-state index contributed by atoms with van der Waals surface area (Å²) in [4.78, 5) is 14.5. The van der Waals surface area contributed by atoms with Crippen LogP contribution in [0.5, 0.6) is 5.75 Å². The lowest BCUT2D eigenvalue weighted by Gasteiger charge is -2.21. The molecule has 0 saturated carbocycles. The first kappa shape index (κ1) is 16.7. The zero-order chi connectivity index (χ0) is 16.8. The minimum absolute atomic E-state index is 0.0613. The zero-order valence-corrected chi connectivity index (χ0v) is 14.6. The molecule has 0 aliphatic carbocycles. The Balaban J connectivity index is 1.62. The van der Waals surface area contributed by atoms with Gasteiger partial charge in [0.1, 0.15) is 5.75 Å². The van der Waals surface area contributed by atoms with E-state index in [4.69, 9.17) is 4.74 Å². The number of hydrogen-bond acceptors (Lipinski definition) is 3. The van der Waals surface area contributed by atoms with Crippen molar-refractivity contribution >= 4 is 23.5 Å². The molecule has 0 spiro atoms. The Bertz CT molecular complexity index is 678. The van der Waals surface area contributed by atoms with Crippen LogP contribution < -0.4 is 10.1 Å². The molecule has 2 amide bonds. The van der Waals surface area contributed by atoms with Crippen molar-refractivity contribution in [3.63, 3.8) is 0 Å². The number of carbonyl (C=O) groups is 1. The molecule has 1 fully saturated rings. The minimum Gasteiger partial charge on any atom is -0.495 e. The second kappa shape index (κ2) is 8.11. The molecule has 1 saturated heterocycles. The number of carbonyl (C=O) groups excluding carboxylic acids is 1. The van der Waals surface area contributed by atoms with Gasteiger partial charge in [0.25, 0.3) is 0 Å². The van der Waals surface area contributed by atoms with Gasteiger partial charge in [0.05, 0.1) is 12.8 Å². The highest BCUT2D eigenvalue weighted by atomic mass is 32.2. The lowest BCUT2D eigenvalue weighted by molar-refractivity contribution is 0.215. The van der Waals surface area contributed by atoms with Gasteiger partial charge < -0.3 is 15.0 Å². The summed E-state index contributed by atoms with van der Waals surface area (Å²) < 4.78 is 5.30. The summed E-state index contributed by atoms with van der Waals surface area (Å²) in [6, 6.07) is 18.0. The number of thioether (sulfide) groups is 1.